The van der Waals surface area contributed by atoms with Gasteiger partial charge in [0.1, 0.15) is 0 Å². The van der Waals surface area contributed by atoms with E-state index in [-0.39, 0.29) is 0 Å². The molecule has 1 aliphatic heterocycles. The summed E-state index contributed by atoms with van der Waals surface area (Å²) in [5.74, 6) is 1.28. The Hall–Kier alpha value is -0.470. The van der Waals surface area contributed by atoms with E-state index < -0.39 is 0 Å². The zero-order valence-electron chi connectivity index (χ0n) is 11.2. The van der Waals surface area contributed by atoms with Gasteiger partial charge in [-0.1, -0.05) is 17.7 Å². The Kier molecular flexibility index (Phi) is 3.84. The van der Waals surface area contributed by atoms with Crippen LogP contribution in [0.2, 0.25) is 0 Å². The van der Waals surface area contributed by atoms with Gasteiger partial charge in [-0.15, -0.1) is 0 Å². The maximum Gasteiger partial charge on any atom is 0.0322 e. The molecule has 0 spiro atoms. The summed E-state index contributed by atoms with van der Waals surface area (Å²) in [6.07, 6.45) is 3.75. The molecular formula is C15H23NS. The molecule has 0 aliphatic carbocycles. The standard InChI is InChI=1S/C15H23NS/c1-11-7-12(2)14(13(3)8-11)9-15(10-16)5-4-6-17-15/h7-8H,4-6,9-10,16H2,1-3H3. The van der Waals surface area contributed by atoms with Crippen LogP contribution in [0.25, 0.3) is 0 Å². The van der Waals surface area contributed by atoms with Crippen LogP contribution in [-0.4, -0.2) is 17.0 Å². The molecule has 1 saturated heterocycles. The van der Waals surface area contributed by atoms with Gasteiger partial charge in [-0.3, -0.25) is 0 Å². The first-order valence-electron chi connectivity index (χ1n) is 6.47. The Bertz CT molecular complexity index is 382. The van der Waals surface area contributed by atoms with E-state index in [0.29, 0.717) is 4.75 Å². The second-order valence-electron chi connectivity index (χ2n) is 5.39. The highest BCUT2D eigenvalue weighted by Gasteiger charge is 2.34. The van der Waals surface area contributed by atoms with Gasteiger partial charge in [-0.2, -0.15) is 11.8 Å². The fourth-order valence-corrected chi connectivity index (χ4v) is 4.31. The summed E-state index contributed by atoms with van der Waals surface area (Å²) >= 11 is 2.08. The molecule has 2 N–H and O–H groups in total. The maximum absolute atomic E-state index is 6.03. The molecule has 1 aromatic rings. The topological polar surface area (TPSA) is 26.0 Å². The Morgan fingerprint density at radius 1 is 1.24 bits per heavy atom. The summed E-state index contributed by atoms with van der Waals surface area (Å²) < 4.78 is 0.310. The fourth-order valence-electron chi connectivity index (χ4n) is 2.94. The second-order valence-corrected chi connectivity index (χ2v) is 6.96. The molecule has 1 aromatic carbocycles. The molecule has 0 aromatic heterocycles. The molecule has 2 rings (SSSR count). The molecule has 94 valence electrons. The van der Waals surface area contributed by atoms with Crippen LogP contribution in [0, 0.1) is 20.8 Å². The van der Waals surface area contributed by atoms with Gasteiger partial charge in [0.05, 0.1) is 0 Å². The third-order valence-electron chi connectivity index (χ3n) is 3.90. The van der Waals surface area contributed by atoms with Crippen molar-refractivity contribution in [3.8, 4) is 0 Å². The summed E-state index contributed by atoms with van der Waals surface area (Å²) in [6.45, 7) is 7.45. The molecule has 1 unspecified atom stereocenters. The first kappa shape index (κ1) is 13.0. The summed E-state index contributed by atoms with van der Waals surface area (Å²) in [5, 5.41) is 0. The summed E-state index contributed by atoms with van der Waals surface area (Å²) in [6, 6.07) is 4.60. The van der Waals surface area contributed by atoms with Crippen molar-refractivity contribution < 1.29 is 0 Å². The number of hydrogen-bond donors (Lipinski definition) is 1. The fraction of sp³-hybridized carbons (Fsp3) is 0.600. The molecule has 17 heavy (non-hydrogen) atoms. The van der Waals surface area contributed by atoms with Crippen molar-refractivity contribution in [1.29, 1.82) is 0 Å². The molecular weight excluding hydrogens is 226 g/mol. The highest BCUT2D eigenvalue weighted by Crippen LogP contribution is 2.41. The van der Waals surface area contributed by atoms with Crippen LogP contribution in [0.5, 0.6) is 0 Å². The van der Waals surface area contributed by atoms with E-state index in [0.717, 1.165) is 13.0 Å². The number of aryl methyl sites for hydroxylation is 3. The van der Waals surface area contributed by atoms with Gasteiger partial charge in [0, 0.05) is 11.3 Å². The SMILES string of the molecule is Cc1cc(C)c(CC2(CN)CCCS2)c(C)c1. The van der Waals surface area contributed by atoms with Crippen LogP contribution >= 0.6 is 11.8 Å². The van der Waals surface area contributed by atoms with Crippen molar-refractivity contribution >= 4 is 11.8 Å². The first-order chi connectivity index (χ1) is 8.06. The van der Waals surface area contributed by atoms with Gasteiger partial charge in [0.15, 0.2) is 0 Å². The van der Waals surface area contributed by atoms with E-state index in [2.05, 4.69) is 44.7 Å². The third kappa shape index (κ3) is 2.69. The summed E-state index contributed by atoms with van der Waals surface area (Å²) in [5.41, 5.74) is 11.8. The van der Waals surface area contributed by atoms with E-state index in [4.69, 9.17) is 5.73 Å². The minimum atomic E-state index is 0.310. The molecule has 1 fully saturated rings. The van der Waals surface area contributed by atoms with Gasteiger partial charge in [0.2, 0.25) is 0 Å². The normalized spacial score (nSPS) is 24.2. The lowest BCUT2D eigenvalue weighted by Gasteiger charge is -2.28. The molecule has 1 heterocycles. The van der Waals surface area contributed by atoms with E-state index >= 15 is 0 Å². The molecule has 0 saturated carbocycles. The Morgan fingerprint density at radius 2 is 1.88 bits per heavy atom. The highest BCUT2D eigenvalue weighted by molar-refractivity contribution is 8.00. The van der Waals surface area contributed by atoms with E-state index in [1.54, 1.807) is 0 Å². The summed E-state index contributed by atoms with van der Waals surface area (Å²) in [4.78, 5) is 0. The smallest absolute Gasteiger partial charge is 0.0322 e. The highest BCUT2D eigenvalue weighted by atomic mass is 32.2. The lowest BCUT2D eigenvalue weighted by Crippen LogP contribution is -2.34. The minimum absolute atomic E-state index is 0.310. The van der Waals surface area contributed by atoms with E-state index in [1.165, 1.54) is 40.8 Å². The lowest BCUT2D eigenvalue weighted by atomic mass is 9.88. The van der Waals surface area contributed by atoms with Crippen LogP contribution < -0.4 is 5.73 Å². The van der Waals surface area contributed by atoms with Gasteiger partial charge in [-0.25, -0.2) is 0 Å². The molecule has 1 aliphatic rings. The van der Waals surface area contributed by atoms with E-state index in [1.807, 2.05) is 0 Å². The molecule has 0 bridgehead atoms. The van der Waals surface area contributed by atoms with Crippen molar-refractivity contribution in [3.05, 3.63) is 34.4 Å². The predicted octanol–water partition coefficient (Wildman–Crippen LogP) is 3.38. The number of thioether (sulfide) groups is 1. The molecule has 1 atom stereocenters. The van der Waals surface area contributed by atoms with Gasteiger partial charge >= 0.3 is 0 Å². The average molecular weight is 249 g/mol. The van der Waals surface area contributed by atoms with E-state index in [9.17, 15) is 0 Å². The van der Waals surface area contributed by atoms with Crippen molar-refractivity contribution in [1.82, 2.24) is 0 Å². The van der Waals surface area contributed by atoms with Crippen molar-refractivity contribution in [3.63, 3.8) is 0 Å². The Labute approximate surface area is 109 Å². The summed E-state index contributed by atoms with van der Waals surface area (Å²) in [7, 11) is 0. The van der Waals surface area contributed by atoms with Crippen LogP contribution in [0.4, 0.5) is 0 Å². The minimum Gasteiger partial charge on any atom is -0.329 e. The predicted molar refractivity (Wildman–Crippen MR) is 77.8 cm³/mol. The van der Waals surface area contributed by atoms with Crippen LogP contribution in [0.1, 0.15) is 35.1 Å². The largest absolute Gasteiger partial charge is 0.329 e. The van der Waals surface area contributed by atoms with Gasteiger partial charge in [0.25, 0.3) is 0 Å². The number of nitrogens with two attached hydrogens (primary N) is 1. The Morgan fingerprint density at radius 3 is 2.35 bits per heavy atom. The maximum atomic E-state index is 6.03. The lowest BCUT2D eigenvalue weighted by molar-refractivity contribution is 0.562. The first-order valence-corrected chi connectivity index (χ1v) is 7.46. The quantitative estimate of drug-likeness (QED) is 0.888. The van der Waals surface area contributed by atoms with Crippen molar-refractivity contribution in [2.75, 3.05) is 12.3 Å². The third-order valence-corrected chi connectivity index (χ3v) is 5.52. The molecule has 0 amide bonds. The Balaban J connectivity index is 2.29. The molecule has 0 radical (unpaired) electrons. The van der Waals surface area contributed by atoms with Gasteiger partial charge in [-0.05, 0) is 62.5 Å². The zero-order valence-corrected chi connectivity index (χ0v) is 12.0. The number of hydrogen-bond acceptors (Lipinski definition) is 2. The molecule has 1 nitrogen and oxygen atoms in total. The molecule has 2 heteroatoms. The van der Waals surface area contributed by atoms with Gasteiger partial charge < -0.3 is 5.73 Å². The second kappa shape index (κ2) is 5.03. The van der Waals surface area contributed by atoms with Crippen molar-refractivity contribution in [2.24, 2.45) is 5.73 Å². The van der Waals surface area contributed by atoms with Crippen molar-refractivity contribution in [2.45, 2.75) is 44.8 Å². The van der Waals surface area contributed by atoms with Crippen LogP contribution in [-0.2, 0) is 6.42 Å². The van der Waals surface area contributed by atoms with Crippen LogP contribution in [0.3, 0.4) is 0 Å². The average Bonchev–Trinajstić information content (AvgIpc) is 2.73. The zero-order chi connectivity index (χ0) is 12.5. The number of benzene rings is 1. The number of rotatable bonds is 3. The monoisotopic (exact) mass is 249 g/mol. The van der Waals surface area contributed by atoms with Crippen LogP contribution in [0.15, 0.2) is 12.1 Å².